The molecule has 0 heterocycles. The molecule has 0 saturated carbocycles. The van der Waals surface area contributed by atoms with Gasteiger partial charge >= 0.3 is 17.9 Å². The Kier molecular flexibility index (Phi) is 7.17. The molecule has 2 aromatic carbocycles. The number of carboxylic acid groups (broad SMARTS) is 3. The summed E-state index contributed by atoms with van der Waals surface area (Å²) in [5.74, 6) is -5.36. The minimum atomic E-state index is -1.68. The number of phenolic OH excluding ortho intramolecular Hbond substituents is 1. The smallest absolute Gasteiger partial charge is 0.326 e. The van der Waals surface area contributed by atoms with Gasteiger partial charge in [-0.2, -0.15) is 10.2 Å². The molecule has 1 unspecified atom stereocenters. The zero-order valence-corrected chi connectivity index (χ0v) is 15.3. The van der Waals surface area contributed by atoms with Gasteiger partial charge in [-0.05, 0) is 35.9 Å². The number of aliphatic carboxylic acids is 3. The van der Waals surface area contributed by atoms with Crippen molar-refractivity contribution in [3.8, 4) is 5.75 Å². The number of aromatic hydroxyl groups is 1. The number of amides is 1. The average Bonchev–Trinajstić information content (AvgIpc) is 2.67. The SMILES string of the molecule is O=C(O)Cc1ccc(N=Nc2ccc(O)c(C(=O)NC(CC(=O)O)C(=O)O)c2)cc1. The van der Waals surface area contributed by atoms with Crippen molar-refractivity contribution in [1.29, 1.82) is 0 Å². The first-order valence-electron chi connectivity index (χ1n) is 8.46. The van der Waals surface area contributed by atoms with E-state index in [9.17, 15) is 24.3 Å². The molecule has 0 aliphatic heterocycles. The Morgan fingerprint density at radius 2 is 1.47 bits per heavy atom. The van der Waals surface area contributed by atoms with Crippen molar-refractivity contribution in [3.05, 3.63) is 53.6 Å². The average molecular weight is 415 g/mol. The summed E-state index contributed by atoms with van der Waals surface area (Å²) in [4.78, 5) is 44.8. The molecule has 30 heavy (non-hydrogen) atoms. The Labute approximate surface area is 169 Å². The molecule has 2 rings (SSSR count). The van der Waals surface area contributed by atoms with Crippen LogP contribution in [0, 0.1) is 0 Å². The van der Waals surface area contributed by atoms with E-state index < -0.39 is 42.0 Å². The summed E-state index contributed by atoms with van der Waals surface area (Å²) in [6, 6.07) is 8.26. The summed E-state index contributed by atoms with van der Waals surface area (Å²) in [5, 5.41) is 46.3. The van der Waals surface area contributed by atoms with Crippen molar-refractivity contribution in [1.82, 2.24) is 5.32 Å². The van der Waals surface area contributed by atoms with E-state index in [-0.39, 0.29) is 17.7 Å². The van der Waals surface area contributed by atoms with E-state index in [4.69, 9.17) is 15.3 Å². The van der Waals surface area contributed by atoms with E-state index in [1.165, 1.54) is 6.07 Å². The van der Waals surface area contributed by atoms with Crippen LogP contribution in [0.15, 0.2) is 52.7 Å². The number of rotatable bonds is 9. The normalized spacial score (nSPS) is 11.7. The number of benzene rings is 2. The molecule has 0 bridgehead atoms. The van der Waals surface area contributed by atoms with Crippen LogP contribution in [0.1, 0.15) is 22.3 Å². The lowest BCUT2D eigenvalue weighted by molar-refractivity contribution is -0.145. The molecule has 0 saturated heterocycles. The van der Waals surface area contributed by atoms with Gasteiger partial charge in [0.2, 0.25) is 0 Å². The van der Waals surface area contributed by atoms with Gasteiger partial charge in [0, 0.05) is 0 Å². The van der Waals surface area contributed by atoms with Gasteiger partial charge in [-0.3, -0.25) is 14.4 Å². The Morgan fingerprint density at radius 3 is 2.03 bits per heavy atom. The molecule has 0 fully saturated rings. The first-order chi connectivity index (χ1) is 14.2. The second kappa shape index (κ2) is 9.78. The third kappa shape index (κ3) is 6.41. The summed E-state index contributed by atoms with van der Waals surface area (Å²) in [5.41, 5.74) is 0.854. The number of carbonyl (C=O) groups is 4. The molecule has 5 N–H and O–H groups in total. The van der Waals surface area contributed by atoms with Crippen molar-refractivity contribution in [2.75, 3.05) is 0 Å². The highest BCUT2D eigenvalue weighted by atomic mass is 16.4. The first-order valence-corrected chi connectivity index (χ1v) is 8.46. The second-order valence-electron chi connectivity index (χ2n) is 6.10. The molecule has 156 valence electrons. The highest BCUT2D eigenvalue weighted by Crippen LogP contribution is 2.25. The van der Waals surface area contributed by atoms with Crippen LogP contribution < -0.4 is 5.32 Å². The summed E-state index contributed by atoms with van der Waals surface area (Å²) < 4.78 is 0. The molecule has 2 aromatic rings. The fourth-order valence-corrected chi connectivity index (χ4v) is 2.35. The number of phenols is 1. The summed E-state index contributed by atoms with van der Waals surface area (Å²) in [6.07, 6.45) is -0.966. The fraction of sp³-hybridized carbons (Fsp3) is 0.158. The predicted octanol–water partition coefficient (Wildman–Crippen LogP) is 2.09. The van der Waals surface area contributed by atoms with Crippen LogP contribution >= 0.6 is 0 Å². The highest BCUT2D eigenvalue weighted by Gasteiger charge is 2.24. The van der Waals surface area contributed by atoms with E-state index in [2.05, 4.69) is 10.2 Å². The number of hydrogen-bond donors (Lipinski definition) is 5. The second-order valence-corrected chi connectivity index (χ2v) is 6.10. The minimum absolute atomic E-state index is 0.132. The maximum Gasteiger partial charge on any atom is 0.326 e. The van der Waals surface area contributed by atoms with E-state index in [1.807, 2.05) is 5.32 Å². The van der Waals surface area contributed by atoms with Gasteiger partial charge < -0.3 is 25.7 Å². The van der Waals surface area contributed by atoms with Gasteiger partial charge in [0.25, 0.3) is 5.91 Å². The molecule has 11 nitrogen and oxygen atoms in total. The molecule has 1 atom stereocenters. The van der Waals surface area contributed by atoms with Gasteiger partial charge in [0.15, 0.2) is 0 Å². The van der Waals surface area contributed by atoms with Crippen LogP contribution in [0.2, 0.25) is 0 Å². The molecule has 0 radical (unpaired) electrons. The lowest BCUT2D eigenvalue weighted by Gasteiger charge is -2.13. The highest BCUT2D eigenvalue weighted by molar-refractivity contribution is 6.00. The Hall–Kier alpha value is -4.28. The Balaban J connectivity index is 2.16. The molecule has 0 aliphatic rings. The van der Waals surface area contributed by atoms with Crippen molar-refractivity contribution in [2.45, 2.75) is 18.9 Å². The maximum atomic E-state index is 12.3. The lowest BCUT2D eigenvalue weighted by Crippen LogP contribution is -2.42. The van der Waals surface area contributed by atoms with E-state index in [0.29, 0.717) is 11.3 Å². The van der Waals surface area contributed by atoms with Gasteiger partial charge in [0.1, 0.15) is 11.8 Å². The quantitative estimate of drug-likeness (QED) is 0.385. The molecule has 0 aliphatic carbocycles. The van der Waals surface area contributed by atoms with Crippen LogP contribution in [-0.2, 0) is 20.8 Å². The van der Waals surface area contributed by atoms with Crippen molar-refractivity contribution in [2.24, 2.45) is 10.2 Å². The van der Waals surface area contributed by atoms with E-state index in [1.54, 1.807) is 24.3 Å². The monoisotopic (exact) mass is 415 g/mol. The van der Waals surface area contributed by atoms with Crippen LogP contribution in [0.3, 0.4) is 0 Å². The molecule has 1 amide bonds. The van der Waals surface area contributed by atoms with Gasteiger partial charge in [-0.25, -0.2) is 4.79 Å². The number of carboxylic acids is 3. The number of nitrogens with one attached hydrogen (secondary N) is 1. The third-order valence-corrected chi connectivity index (χ3v) is 3.78. The van der Waals surface area contributed by atoms with E-state index >= 15 is 0 Å². The van der Waals surface area contributed by atoms with Crippen LogP contribution in [0.25, 0.3) is 0 Å². The number of carbonyl (C=O) groups excluding carboxylic acids is 1. The predicted molar refractivity (Wildman–Crippen MR) is 101 cm³/mol. The topological polar surface area (TPSA) is 186 Å². The van der Waals surface area contributed by atoms with Crippen LogP contribution in [0.5, 0.6) is 5.75 Å². The molecule has 11 heteroatoms. The molecule has 0 aromatic heterocycles. The third-order valence-electron chi connectivity index (χ3n) is 3.78. The number of nitrogens with zero attached hydrogens (tertiary/aromatic N) is 2. The van der Waals surface area contributed by atoms with Crippen molar-refractivity contribution in [3.63, 3.8) is 0 Å². The Bertz CT molecular complexity index is 1000. The molecule has 0 spiro atoms. The lowest BCUT2D eigenvalue weighted by atomic mass is 10.1. The van der Waals surface area contributed by atoms with Gasteiger partial charge in [-0.15, -0.1) is 0 Å². The van der Waals surface area contributed by atoms with Crippen LogP contribution in [0.4, 0.5) is 11.4 Å². The van der Waals surface area contributed by atoms with Gasteiger partial charge in [-0.1, -0.05) is 12.1 Å². The standard InChI is InChI=1S/C19H17N3O8/c23-15-6-5-12(22-21-11-3-1-10(2-4-11)7-16(24)25)8-13(15)18(28)20-14(19(29)30)9-17(26)27/h1-6,8,14,23H,7,9H2,(H,20,28)(H,24,25)(H,26,27)(H,29,30). The number of azo groups is 1. The van der Waals surface area contributed by atoms with Crippen molar-refractivity contribution < 1.29 is 39.6 Å². The summed E-state index contributed by atoms with van der Waals surface area (Å²) in [7, 11) is 0. The van der Waals surface area contributed by atoms with Crippen molar-refractivity contribution >= 4 is 35.2 Å². The van der Waals surface area contributed by atoms with Gasteiger partial charge in [0.05, 0.1) is 29.8 Å². The Morgan fingerprint density at radius 1 is 0.867 bits per heavy atom. The zero-order valence-electron chi connectivity index (χ0n) is 15.3. The minimum Gasteiger partial charge on any atom is -0.507 e. The number of hydrogen-bond acceptors (Lipinski definition) is 7. The molecular weight excluding hydrogens is 398 g/mol. The maximum absolute atomic E-state index is 12.3. The first kappa shape index (κ1) is 22.0. The van der Waals surface area contributed by atoms with Crippen LogP contribution in [-0.4, -0.2) is 50.3 Å². The molecular formula is C19H17N3O8. The van der Waals surface area contributed by atoms with E-state index in [0.717, 1.165) is 12.1 Å². The largest absolute Gasteiger partial charge is 0.507 e. The summed E-state index contributed by atoms with van der Waals surface area (Å²) >= 11 is 0. The summed E-state index contributed by atoms with van der Waals surface area (Å²) in [6.45, 7) is 0. The zero-order chi connectivity index (χ0) is 22.3. The fourth-order valence-electron chi connectivity index (χ4n) is 2.35.